The Labute approximate surface area is 56.2 Å². The molecule has 0 saturated heterocycles. The fourth-order valence-corrected chi connectivity index (χ4v) is 0.832. The standard InChI is InChI=1S/C5H6N4O/c6-3-1-5-9(8-3)2-4(7)10-5/h1-2H,7H2,(H2,6,8). The molecule has 0 aromatic carbocycles. The first kappa shape index (κ1) is 5.16. The van der Waals surface area contributed by atoms with Crippen molar-refractivity contribution in [3.05, 3.63) is 12.3 Å². The van der Waals surface area contributed by atoms with E-state index in [-0.39, 0.29) is 0 Å². The van der Waals surface area contributed by atoms with Gasteiger partial charge in [-0.3, -0.25) is 0 Å². The maximum Gasteiger partial charge on any atom is 0.226 e. The maximum atomic E-state index is 5.35. The zero-order valence-electron chi connectivity index (χ0n) is 5.11. The number of nitrogen functional groups attached to an aromatic ring is 2. The molecule has 0 spiro atoms. The van der Waals surface area contributed by atoms with Crippen molar-refractivity contribution in [2.24, 2.45) is 0 Å². The molecule has 0 unspecified atom stereocenters. The van der Waals surface area contributed by atoms with Crippen molar-refractivity contribution in [3.8, 4) is 0 Å². The van der Waals surface area contributed by atoms with Gasteiger partial charge in [0, 0.05) is 6.07 Å². The molecule has 2 aromatic rings. The van der Waals surface area contributed by atoms with Crippen LogP contribution in [0.2, 0.25) is 0 Å². The zero-order chi connectivity index (χ0) is 7.14. The van der Waals surface area contributed by atoms with Crippen molar-refractivity contribution in [1.29, 1.82) is 0 Å². The average molecular weight is 138 g/mol. The third-order valence-electron chi connectivity index (χ3n) is 1.19. The van der Waals surface area contributed by atoms with Crippen LogP contribution < -0.4 is 11.5 Å². The molecule has 52 valence electrons. The third kappa shape index (κ3) is 0.540. The Bertz CT molecular complexity index is 297. The van der Waals surface area contributed by atoms with Crippen molar-refractivity contribution < 1.29 is 4.42 Å². The normalized spacial score (nSPS) is 10.8. The second-order valence-corrected chi connectivity index (χ2v) is 1.99. The van der Waals surface area contributed by atoms with Crippen LogP contribution in [0.1, 0.15) is 0 Å². The summed E-state index contributed by atoms with van der Waals surface area (Å²) < 4.78 is 6.48. The third-order valence-corrected chi connectivity index (χ3v) is 1.19. The molecular formula is C5H6N4O. The molecule has 0 aliphatic carbocycles. The molecule has 0 saturated carbocycles. The van der Waals surface area contributed by atoms with E-state index in [2.05, 4.69) is 5.10 Å². The van der Waals surface area contributed by atoms with E-state index in [4.69, 9.17) is 15.9 Å². The van der Waals surface area contributed by atoms with Crippen molar-refractivity contribution in [1.82, 2.24) is 9.61 Å². The number of nitrogens with zero attached hydrogens (tertiary/aromatic N) is 2. The molecule has 0 radical (unpaired) electrons. The number of hydrogen-bond donors (Lipinski definition) is 2. The first-order chi connectivity index (χ1) is 4.75. The van der Waals surface area contributed by atoms with Gasteiger partial charge in [-0.1, -0.05) is 0 Å². The number of anilines is 2. The molecule has 0 bridgehead atoms. The minimum absolute atomic E-state index is 0.336. The monoisotopic (exact) mass is 138 g/mol. The van der Waals surface area contributed by atoms with Gasteiger partial charge in [-0.2, -0.15) is 0 Å². The van der Waals surface area contributed by atoms with E-state index in [9.17, 15) is 0 Å². The Balaban J connectivity index is 2.83. The molecule has 0 aliphatic heterocycles. The lowest BCUT2D eigenvalue weighted by Crippen LogP contribution is -1.86. The van der Waals surface area contributed by atoms with Gasteiger partial charge < -0.3 is 15.9 Å². The summed E-state index contributed by atoms with van der Waals surface area (Å²) >= 11 is 0. The molecule has 2 rings (SSSR count). The summed E-state index contributed by atoms with van der Waals surface area (Å²) in [5.41, 5.74) is 11.2. The average Bonchev–Trinajstić information content (AvgIpc) is 2.21. The van der Waals surface area contributed by atoms with Gasteiger partial charge in [0.25, 0.3) is 0 Å². The van der Waals surface area contributed by atoms with Crippen molar-refractivity contribution in [2.45, 2.75) is 0 Å². The van der Waals surface area contributed by atoms with Crippen molar-refractivity contribution in [3.63, 3.8) is 0 Å². The topological polar surface area (TPSA) is 82.5 Å². The molecule has 4 N–H and O–H groups in total. The summed E-state index contributed by atoms with van der Waals surface area (Å²) in [6, 6.07) is 1.61. The Hall–Kier alpha value is -1.65. The molecule has 0 aliphatic rings. The fourth-order valence-electron chi connectivity index (χ4n) is 0.832. The van der Waals surface area contributed by atoms with Gasteiger partial charge in [0.1, 0.15) is 5.82 Å². The van der Waals surface area contributed by atoms with Crippen LogP contribution in [-0.2, 0) is 0 Å². The number of rotatable bonds is 0. The highest BCUT2D eigenvalue weighted by molar-refractivity contribution is 5.48. The SMILES string of the molecule is Nc1cc2oc(N)cn2n1. The number of nitrogens with two attached hydrogens (primary N) is 2. The smallest absolute Gasteiger partial charge is 0.226 e. The first-order valence-electron chi connectivity index (χ1n) is 2.76. The summed E-state index contributed by atoms with van der Waals surface area (Å²) in [5, 5.41) is 3.85. The molecule has 0 atom stereocenters. The molecule has 5 nitrogen and oxygen atoms in total. The lowest BCUT2D eigenvalue weighted by Gasteiger charge is -1.76. The lowest BCUT2D eigenvalue weighted by molar-refractivity contribution is 0.625. The summed E-state index contributed by atoms with van der Waals surface area (Å²) in [6.07, 6.45) is 1.56. The molecule has 0 amide bonds. The van der Waals surface area contributed by atoms with Crippen LogP contribution in [0, 0.1) is 0 Å². The molecule has 2 aromatic heterocycles. The summed E-state index contributed by atoms with van der Waals surface area (Å²) in [5.74, 6) is 0.765. The second kappa shape index (κ2) is 1.44. The zero-order valence-corrected chi connectivity index (χ0v) is 5.11. The van der Waals surface area contributed by atoms with E-state index in [0.717, 1.165) is 0 Å². The van der Waals surface area contributed by atoms with Crippen molar-refractivity contribution in [2.75, 3.05) is 11.5 Å². The Morgan fingerprint density at radius 2 is 2.30 bits per heavy atom. The van der Waals surface area contributed by atoms with Crippen LogP contribution in [0.3, 0.4) is 0 Å². The number of hydrogen-bond acceptors (Lipinski definition) is 4. The molecule has 2 heterocycles. The number of fused-ring (bicyclic) bond motifs is 1. The van der Waals surface area contributed by atoms with E-state index in [1.54, 1.807) is 12.3 Å². The molecular weight excluding hydrogens is 132 g/mol. The van der Waals surface area contributed by atoms with Gasteiger partial charge in [-0.15, -0.1) is 5.10 Å². The van der Waals surface area contributed by atoms with Gasteiger partial charge in [0.15, 0.2) is 0 Å². The molecule has 10 heavy (non-hydrogen) atoms. The summed E-state index contributed by atoms with van der Waals surface area (Å²) in [7, 11) is 0. The Kier molecular flexibility index (Phi) is 0.743. The molecule has 5 heteroatoms. The highest BCUT2D eigenvalue weighted by atomic mass is 16.4. The van der Waals surface area contributed by atoms with E-state index in [0.29, 0.717) is 17.4 Å². The maximum absolute atomic E-state index is 5.35. The van der Waals surface area contributed by atoms with Crippen LogP contribution >= 0.6 is 0 Å². The summed E-state index contributed by atoms with van der Waals surface area (Å²) in [6.45, 7) is 0. The first-order valence-corrected chi connectivity index (χ1v) is 2.76. The molecule has 0 fully saturated rings. The van der Waals surface area contributed by atoms with Crippen LogP contribution in [0.5, 0.6) is 0 Å². The van der Waals surface area contributed by atoms with Gasteiger partial charge in [-0.05, 0) is 0 Å². The van der Waals surface area contributed by atoms with Crippen LogP contribution in [0.25, 0.3) is 5.71 Å². The predicted molar refractivity (Wildman–Crippen MR) is 36.3 cm³/mol. The van der Waals surface area contributed by atoms with Crippen LogP contribution in [-0.4, -0.2) is 9.61 Å². The van der Waals surface area contributed by atoms with Crippen molar-refractivity contribution >= 4 is 17.4 Å². The largest absolute Gasteiger partial charge is 0.421 e. The summed E-state index contributed by atoms with van der Waals surface area (Å²) in [4.78, 5) is 0. The van der Waals surface area contributed by atoms with E-state index in [1.165, 1.54) is 4.52 Å². The lowest BCUT2D eigenvalue weighted by atomic mass is 10.6. The van der Waals surface area contributed by atoms with E-state index < -0.39 is 0 Å². The fraction of sp³-hybridized carbons (Fsp3) is 0. The van der Waals surface area contributed by atoms with Gasteiger partial charge in [0.2, 0.25) is 11.6 Å². The van der Waals surface area contributed by atoms with Gasteiger partial charge in [-0.25, -0.2) is 4.52 Å². The minimum Gasteiger partial charge on any atom is -0.421 e. The Morgan fingerprint density at radius 3 is 3.00 bits per heavy atom. The quantitative estimate of drug-likeness (QED) is 0.540. The van der Waals surface area contributed by atoms with Gasteiger partial charge in [0.05, 0.1) is 6.20 Å². The second-order valence-electron chi connectivity index (χ2n) is 1.99. The highest BCUT2D eigenvalue weighted by Crippen LogP contribution is 2.12. The van der Waals surface area contributed by atoms with Crippen LogP contribution in [0.4, 0.5) is 11.7 Å². The van der Waals surface area contributed by atoms with Gasteiger partial charge >= 0.3 is 0 Å². The van der Waals surface area contributed by atoms with Crippen LogP contribution in [0.15, 0.2) is 16.7 Å². The predicted octanol–water partition coefficient (Wildman–Crippen LogP) is 0.0917. The van der Waals surface area contributed by atoms with E-state index in [1.807, 2.05) is 0 Å². The van der Waals surface area contributed by atoms with E-state index >= 15 is 0 Å². The Morgan fingerprint density at radius 1 is 1.50 bits per heavy atom. The highest BCUT2D eigenvalue weighted by Gasteiger charge is 2.01. The minimum atomic E-state index is 0.336. The number of aromatic nitrogens is 2. The number of oxazole rings is 1.